The van der Waals surface area contributed by atoms with Crippen LogP contribution in [0.3, 0.4) is 0 Å². The lowest BCUT2D eigenvalue weighted by atomic mass is 10.2. The first-order chi connectivity index (χ1) is 16.7. The van der Waals surface area contributed by atoms with Crippen molar-refractivity contribution in [2.45, 2.75) is 19.4 Å². The summed E-state index contributed by atoms with van der Waals surface area (Å²) >= 11 is 6.09. The van der Waals surface area contributed by atoms with Gasteiger partial charge in [-0.05, 0) is 58.3 Å². The standard InChI is InChI=1S/C24H30ClN5O5/c1-15(31)22(24(33)27-19-14-20(34-4)18(25)13-21(19)35-5)29-28-17-9-7-16(8-10-17)23(32)26-11-6-12-30(2)3/h7-10,13-14,22H,6,11-12H2,1-5H3,(H,26,32)(H,27,33). The number of Topliss-reactive ketones (excluding diaryl/α,β-unsaturated/α-hetero) is 1. The lowest BCUT2D eigenvalue weighted by molar-refractivity contribution is -0.126. The Morgan fingerprint density at radius 2 is 1.71 bits per heavy atom. The number of hydrogen-bond donors (Lipinski definition) is 2. The number of nitrogens with one attached hydrogen (secondary N) is 2. The lowest BCUT2D eigenvalue weighted by Crippen LogP contribution is -2.32. The fourth-order valence-electron chi connectivity index (χ4n) is 2.98. The number of rotatable bonds is 12. The van der Waals surface area contributed by atoms with E-state index >= 15 is 0 Å². The van der Waals surface area contributed by atoms with Gasteiger partial charge in [0.15, 0.2) is 5.78 Å². The fourth-order valence-corrected chi connectivity index (χ4v) is 3.21. The fraction of sp³-hybridized carbons (Fsp3) is 0.375. The number of halogens is 1. The topological polar surface area (TPSA) is 122 Å². The minimum atomic E-state index is -1.39. The molecule has 2 N–H and O–H groups in total. The molecule has 0 saturated heterocycles. The van der Waals surface area contributed by atoms with E-state index in [2.05, 4.69) is 20.9 Å². The van der Waals surface area contributed by atoms with Crippen LogP contribution < -0.4 is 20.1 Å². The highest BCUT2D eigenvalue weighted by Gasteiger charge is 2.25. The average Bonchev–Trinajstić information content (AvgIpc) is 2.82. The maximum absolute atomic E-state index is 12.8. The van der Waals surface area contributed by atoms with Crippen molar-refractivity contribution in [3.05, 3.63) is 47.0 Å². The summed E-state index contributed by atoms with van der Waals surface area (Å²) < 4.78 is 10.4. The molecule has 188 valence electrons. The molecule has 0 saturated carbocycles. The Morgan fingerprint density at radius 1 is 1.06 bits per heavy atom. The van der Waals surface area contributed by atoms with E-state index in [0.29, 0.717) is 34.3 Å². The minimum Gasteiger partial charge on any atom is -0.495 e. The zero-order chi connectivity index (χ0) is 26.0. The van der Waals surface area contributed by atoms with E-state index in [0.717, 1.165) is 13.0 Å². The predicted octanol–water partition coefficient (Wildman–Crippen LogP) is 3.72. The summed E-state index contributed by atoms with van der Waals surface area (Å²) in [6, 6.07) is 7.95. The second-order valence-corrected chi connectivity index (χ2v) is 8.27. The highest BCUT2D eigenvalue weighted by molar-refractivity contribution is 6.32. The molecule has 2 amide bonds. The van der Waals surface area contributed by atoms with Gasteiger partial charge in [0.1, 0.15) is 11.5 Å². The number of methoxy groups -OCH3 is 2. The van der Waals surface area contributed by atoms with Gasteiger partial charge in [0, 0.05) is 24.2 Å². The number of carbonyl (C=O) groups excluding carboxylic acids is 3. The highest BCUT2D eigenvalue weighted by Crippen LogP contribution is 2.36. The summed E-state index contributed by atoms with van der Waals surface area (Å²) in [5, 5.41) is 13.7. The molecule has 0 heterocycles. The first-order valence-corrected chi connectivity index (χ1v) is 11.2. The molecular formula is C24H30ClN5O5. The Balaban J connectivity index is 2.07. The van der Waals surface area contributed by atoms with E-state index in [-0.39, 0.29) is 11.6 Å². The van der Waals surface area contributed by atoms with Gasteiger partial charge in [-0.2, -0.15) is 10.2 Å². The van der Waals surface area contributed by atoms with E-state index in [9.17, 15) is 14.4 Å². The largest absolute Gasteiger partial charge is 0.495 e. The first kappa shape index (κ1) is 27.7. The van der Waals surface area contributed by atoms with Gasteiger partial charge < -0.3 is 25.0 Å². The van der Waals surface area contributed by atoms with Crippen molar-refractivity contribution in [1.29, 1.82) is 0 Å². The van der Waals surface area contributed by atoms with Crippen LogP contribution in [0.1, 0.15) is 23.7 Å². The molecule has 0 fully saturated rings. The van der Waals surface area contributed by atoms with Gasteiger partial charge in [-0.25, -0.2) is 0 Å². The number of carbonyl (C=O) groups is 3. The van der Waals surface area contributed by atoms with Crippen LogP contribution in [0, 0.1) is 0 Å². The number of nitrogens with zero attached hydrogens (tertiary/aromatic N) is 3. The van der Waals surface area contributed by atoms with Gasteiger partial charge >= 0.3 is 0 Å². The molecular weight excluding hydrogens is 474 g/mol. The lowest BCUT2D eigenvalue weighted by Gasteiger charge is -2.14. The van der Waals surface area contributed by atoms with Crippen molar-refractivity contribution >= 4 is 40.6 Å². The van der Waals surface area contributed by atoms with E-state index in [1.165, 1.54) is 33.3 Å². The Bertz CT molecular complexity index is 1070. The molecule has 0 aliphatic carbocycles. The van der Waals surface area contributed by atoms with Crippen LogP contribution in [0.2, 0.25) is 5.02 Å². The van der Waals surface area contributed by atoms with Crippen molar-refractivity contribution in [3.8, 4) is 11.5 Å². The van der Waals surface area contributed by atoms with Crippen molar-refractivity contribution in [2.24, 2.45) is 10.2 Å². The summed E-state index contributed by atoms with van der Waals surface area (Å²) in [7, 11) is 6.80. The average molecular weight is 504 g/mol. The summed E-state index contributed by atoms with van der Waals surface area (Å²) in [6.45, 7) is 2.69. The Kier molecular flexibility index (Phi) is 10.6. The number of ketones is 1. The highest BCUT2D eigenvalue weighted by atomic mass is 35.5. The normalized spacial score (nSPS) is 11.9. The van der Waals surface area contributed by atoms with E-state index in [1.807, 2.05) is 19.0 Å². The number of ether oxygens (including phenoxy) is 2. The molecule has 1 atom stereocenters. The van der Waals surface area contributed by atoms with Crippen LogP contribution in [0.4, 0.5) is 11.4 Å². The van der Waals surface area contributed by atoms with E-state index < -0.39 is 17.7 Å². The molecule has 0 bridgehead atoms. The Morgan fingerprint density at radius 3 is 2.29 bits per heavy atom. The molecule has 2 rings (SSSR count). The zero-order valence-electron chi connectivity index (χ0n) is 20.4. The third-order valence-corrected chi connectivity index (χ3v) is 5.15. The van der Waals surface area contributed by atoms with Crippen LogP contribution in [0.15, 0.2) is 46.6 Å². The van der Waals surface area contributed by atoms with Gasteiger partial charge in [0.2, 0.25) is 6.04 Å². The van der Waals surface area contributed by atoms with Crippen LogP contribution in [-0.2, 0) is 9.59 Å². The van der Waals surface area contributed by atoms with Gasteiger partial charge in [-0.3, -0.25) is 14.4 Å². The molecule has 2 aromatic carbocycles. The summed E-state index contributed by atoms with van der Waals surface area (Å²) in [6.07, 6.45) is 0.841. The molecule has 35 heavy (non-hydrogen) atoms. The molecule has 0 aliphatic heterocycles. The Labute approximate surface area is 209 Å². The van der Waals surface area contributed by atoms with Gasteiger partial charge in [-0.15, -0.1) is 0 Å². The third kappa shape index (κ3) is 8.34. The van der Waals surface area contributed by atoms with Crippen molar-refractivity contribution in [1.82, 2.24) is 10.2 Å². The van der Waals surface area contributed by atoms with Crippen LogP contribution in [-0.4, -0.2) is 69.9 Å². The maximum atomic E-state index is 12.8. The molecule has 0 aromatic heterocycles. The Hall–Kier alpha value is -3.50. The number of amides is 2. The minimum absolute atomic E-state index is 0.194. The SMILES string of the molecule is COc1cc(NC(=O)C(N=Nc2ccc(C(=O)NCCCN(C)C)cc2)C(C)=O)c(OC)cc1Cl. The summed E-state index contributed by atoms with van der Waals surface area (Å²) in [5.74, 6) is -0.775. The van der Waals surface area contributed by atoms with Crippen LogP contribution in [0.25, 0.3) is 0 Å². The number of hydrogen-bond acceptors (Lipinski definition) is 8. The second kappa shape index (κ2) is 13.4. The molecule has 0 spiro atoms. The molecule has 10 nitrogen and oxygen atoms in total. The van der Waals surface area contributed by atoms with Crippen LogP contribution in [0.5, 0.6) is 11.5 Å². The molecule has 11 heteroatoms. The number of benzene rings is 2. The van der Waals surface area contributed by atoms with Crippen LogP contribution >= 0.6 is 11.6 Å². The molecule has 0 aliphatic rings. The molecule has 2 aromatic rings. The predicted molar refractivity (Wildman–Crippen MR) is 134 cm³/mol. The summed E-state index contributed by atoms with van der Waals surface area (Å²) in [4.78, 5) is 39.1. The number of azo groups is 1. The first-order valence-electron chi connectivity index (χ1n) is 10.8. The maximum Gasteiger partial charge on any atom is 0.258 e. The number of anilines is 1. The van der Waals surface area contributed by atoms with Crippen molar-refractivity contribution < 1.29 is 23.9 Å². The monoisotopic (exact) mass is 503 g/mol. The van der Waals surface area contributed by atoms with Crippen molar-refractivity contribution in [3.63, 3.8) is 0 Å². The van der Waals surface area contributed by atoms with E-state index in [4.69, 9.17) is 21.1 Å². The smallest absolute Gasteiger partial charge is 0.258 e. The van der Waals surface area contributed by atoms with E-state index in [1.54, 1.807) is 24.3 Å². The van der Waals surface area contributed by atoms with Gasteiger partial charge in [0.25, 0.3) is 11.8 Å². The summed E-state index contributed by atoms with van der Waals surface area (Å²) in [5.41, 5.74) is 1.12. The second-order valence-electron chi connectivity index (χ2n) is 7.86. The van der Waals surface area contributed by atoms with Crippen molar-refractivity contribution in [2.75, 3.05) is 46.7 Å². The van der Waals surface area contributed by atoms with Gasteiger partial charge in [-0.1, -0.05) is 11.6 Å². The molecule has 1 unspecified atom stereocenters. The quantitative estimate of drug-likeness (QED) is 0.258. The molecule has 0 radical (unpaired) electrons. The zero-order valence-corrected chi connectivity index (χ0v) is 21.2. The third-order valence-electron chi connectivity index (χ3n) is 4.85. The van der Waals surface area contributed by atoms with Gasteiger partial charge in [0.05, 0.1) is 30.6 Å².